The summed E-state index contributed by atoms with van der Waals surface area (Å²) in [4.78, 5) is 13.6. The molecule has 2 aromatic carbocycles. The molecule has 0 radical (unpaired) electrons. The number of hydrogen-bond acceptors (Lipinski definition) is 3. The number of carboxylic acids is 1. The lowest BCUT2D eigenvalue weighted by atomic mass is 10.1. The van der Waals surface area contributed by atoms with Gasteiger partial charge in [0.2, 0.25) is 0 Å². The zero-order valence-electron chi connectivity index (χ0n) is 13.3. The number of carboxylic acid groups (broad SMARTS) is 1. The van der Waals surface area contributed by atoms with E-state index in [2.05, 4.69) is 26.9 Å². The molecule has 2 aromatic rings. The number of carbonyl (C=O) groups is 1. The van der Waals surface area contributed by atoms with Crippen LogP contribution < -0.4 is 9.64 Å². The van der Waals surface area contributed by atoms with Crippen LogP contribution in [-0.4, -0.2) is 24.7 Å². The molecule has 1 N–H and O–H groups in total. The van der Waals surface area contributed by atoms with E-state index in [-0.39, 0.29) is 0 Å². The molecule has 0 amide bonds. The Morgan fingerprint density at radius 3 is 2.88 bits per heavy atom. The Labute approximate surface area is 149 Å². The average molecular weight is 388 g/mol. The first-order valence-electron chi connectivity index (χ1n) is 7.68. The van der Waals surface area contributed by atoms with Crippen molar-refractivity contribution in [1.29, 1.82) is 0 Å². The maximum Gasteiger partial charge on any atom is 0.331 e. The maximum absolute atomic E-state index is 11.4. The first-order chi connectivity index (χ1) is 11.6. The molecule has 4 nitrogen and oxygen atoms in total. The Hall–Kier alpha value is -2.27. The summed E-state index contributed by atoms with van der Waals surface area (Å²) in [5, 5.41) is 9.39. The third-order valence-electron chi connectivity index (χ3n) is 4.09. The van der Waals surface area contributed by atoms with Crippen molar-refractivity contribution >= 4 is 33.7 Å². The van der Waals surface area contributed by atoms with Gasteiger partial charge in [0.25, 0.3) is 0 Å². The van der Waals surface area contributed by atoms with Gasteiger partial charge in [-0.3, -0.25) is 0 Å². The molecule has 1 aliphatic heterocycles. The van der Waals surface area contributed by atoms with Crippen LogP contribution in [0.25, 0.3) is 6.08 Å². The van der Waals surface area contributed by atoms with E-state index in [9.17, 15) is 9.90 Å². The second-order valence-corrected chi connectivity index (χ2v) is 6.62. The molecule has 0 spiro atoms. The predicted octanol–water partition coefficient (Wildman–Crippen LogP) is 4.34. The van der Waals surface area contributed by atoms with E-state index in [1.54, 1.807) is 13.2 Å². The van der Waals surface area contributed by atoms with Crippen molar-refractivity contribution in [3.8, 4) is 5.75 Å². The standard InChI is InChI=1S/C19H18BrNO3/c1-24-17-4-2-3-13(9-17)12-21-8-7-14(19(22)23)10-15-11-16(20)5-6-18(15)21/h2-6,9-11H,7-8,12H2,1H3,(H,22,23). The molecular formula is C19H18BrNO3. The van der Waals surface area contributed by atoms with E-state index < -0.39 is 5.97 Å². The summed E-state index contributed by atoms with van der Waals surface area (Å²) in [6.45, 7) is 1.36. The highest BCUT2D eigenvalue weighted by molar-refractivity contribution is 9.10. The normalized spacial score (nSPS) is 13.8. The number of halogens is 1. The Balaban J connectivity index is 1.95. The van der Waals surface area contributed by atoms with Crippen LogP contribution in [-0.2, 0) is 11.3 Å². The van der Waals surface area contributed by atoms with Gasteiger partial charge >= 0.3 is 5.97 Å². The molecule has 0 atom stereocenters. The lowest BCUT2D eigenvalue weighted by Gasteiger charge is -2.25. The lowest BCUT2D eigenvalue weighted by molar-refractivity contribution is -0.132. The number of hydrogen-bond donors (Lipinski definition) is 1. The fourth-order valence-electron chi connectivity index (χ4n) is 2.89. The van der Waals surface area contributed by atoms with Crippen LogP contribution in [0.1, 0.15) is 17.5 Å². The summed E-state index contributed by atoms with van der Waals surface area (Å²) in [5.74, 6) is -0.0353. The van der Waals surface area contributed by atoms with Gasteiger partial charge in [-0.1, -0.05) is 28.1 Å². The number of methoxy groups -OCH3 is 1. The fourth-order valence-corrected chi connectivity index (χ4v) is 3.27. The van der Waals surface area contributed by atoms with Gasteiger partial charge in [-0.2, -0.15) is 0 Å². The number of anilines is 1. The molecule has 0 aromatic heterocycles. The first kappa shape index (κ1) is 16.6. The van der Waals surface area contributed by atoms with E-state index in [0.29, 0.717) is 25.1 Å². The van der Waals surface area contributed by atoms with Crippen molar-refractivity contribution in [2.75, 3.05) is 18.6 Å². The smallest absolute Gasteiger partial charge is 0.331 e. The molecule has 0 bridgehead atoms. The SMILES string of the molecule is COc1cccc(CN2CCC(C(=O)O)=Cc3cc(Br)ccc32)c1. The van der Waals surface area contributed by atoms with E-state index in [0.717, 1.165) is 27.0 Å². The van der Waals surface area contributed by atoms with Gasteiger partial charge in [-0.15, -0.1) is 0 Å². The second kappa shape index (κ2) is 7.09. The van der Waals surface area contributed by atoms with E-state index in [1.807, 2.05) is 36.4 Å². The summed E-state index contributed by atoms with van der Waals surface area (Å²) in [5.41, 5.74) is 3.52. The zero-order valence-corrected chi connectivity index (χ0v) is 14.9. The summed E-state index contributed by atoms with van der Waals surface area (Å²) in [6, 6.07) is 13.9. The van der Waals surface area contributed by atoms with Crippen molar-refractivity contribution in [1.82, 2.24) is 0 Å². The summed E-state index contributed by atoms with van der Waals surface area (Å²) in [7, 11) is 1.65. The topological polar surface area (TPSA) is 49.8 Å². The van der Waals surface area contributed by atoms with Crippen molar-refractivity contribution in [2.45, 2.75) is 13.0 Å². The number of rotatable bonds is 4. The summed E-state index contributed by atoms with van der Waals surface area (Å²) in [6.07, 6.45) is 2.28. The number of benzene rings is 2. The average Bonchev–Trinajstić information content (AvgIpc) is 2.74. The highest BCUT2D eigenvalue weighted by Gasteiger charge is 2.19. The number of ether oxygens (including phenoxy) is 1. The van der Waals surface area contributed by atoms with Gasteiger partial charge in [0, 0.05) is 28.8 Å². The molecule has 0 aliphatic carbocycles. The van der Waals surface area contributed by atoms with E-state index >= 15 is 0 Å². The summed E-state index contributed by atoms with van der Waals surface area (Å²) < 4.78 is 6.23. The Morgan fingerprint density at radius 1 is 1.29 bits per heavy atom. The Bertz CT molecular complexity index is 801. The van der Waals surface area contributed by atoms with Crippen LogP contribution in [0.2, 0.25) is 0 Å². The molecule has 0 saturated carbocycles. The van der Waals surface area contributed by atoms with Crippen molar-refractivity contribution in [3.63, 3.8) is 0 Å². The zero-order chi connectivity index (χ0) is 17.1. The molecule has 0 unspecified atom stereocenters. The Kier molecular flexibility index (Phi) is 4.90. The third-order valence-corrected chi connectivity index (χ3v) is 4.59. The number of fused-ring (bicyclic) bond motifs is 1. The minimum atomic E-state index is -0.857. The number of nitrogens with zero attached hydrogens (tertiary/aromatic N) is 1. The van der Waals surface area contributed by atoms with Crippen LogP contribution >= 0.6 is 15.9 Å². The molecule has 3 rings (SSSR count). The quantitative estimate of drug-likeness (QED) is 0.847. The van der Waals surface area contributed by atoms with Crippen molar-refractivity contribution < 1.29 is 14.6 Å². The molecule has 0 fully saturated rings. The molecule has 1 heterocycles. The van der Waals surface area contributed by atoms with Crippen molar-refractivity contribution in [2.24, 2.45) is 0 Å². The van der Waals surface area contributed by atoms with Crippen LogP contribution in [0.4, 0.5) is 5.69 Å². The largest absolute Gasteiger partial charge is 0.497 e. The fraction of sp³-hybridized carbons (Fsp3) is 0.211. The molecule has 0 saturated heterocycles. The Morgan fingerprint density at radius 2 is 2.12 bits per heavy atom. The van der Waals surface area contributed by atoms with Crippen LogP contribution in [0.5, 0.6) is 5.75 Å². The van der Waals surface area contributed by atoms with E-state index in [4.69, 9.17) is 4.74 Å². The third kappa shape index (κ3) is 3.62. The molecule has 124 valence electrons. The molecule has 5 heteroatoms. The van der Waals surface area contributed by atoms with Gasteiger partial charge < -0.3 is 14.7 Å². The predicted molar refractivity (Wildman–Crippen MR) is 98.4 cm³/mol. The van der Waals surface area contributed by atoms with Gasteiger partial charge in [-0.05, 0) is 54.0 Å². The number of aliphatic carboxylic acids is 1. The summed E-state index contributed by atoms with van der Waals surface area (Å²) >= 11 is 3.47. The highest BCUT2D eigenvalue weighted by atomic mass is 79.9. The molecule has 24 heavy (non-hydrogen) atoms. The maximum atomic E-state index is 11.4. The minimum absolute atomic E-state index is 0.433. The van der Waals surface area contributed by atoms with Crippen molar-refractivity contribution in [3.05, 3.63) is 63.6 Å². The van der Waals surface area contributed by atoms with Gasteiger partial charge in [0.05, 0.1) is 7.11 Å². The van der Waals surface area contributed by atoms with Gasteiger partial charge in [-0.25, -0.2) is 4.79 Å². The monoisotopic (exact) mass is 387 g/mol. The van der Waals surface area contributed by atoms with Crippen LogP contribution in [0.15, 0.2) is 52.5 Å². The minimum Gasteiger partial charge on any atom is -0.497 e. The van der Waals surface area contributed by atoms with E-state index in [1.165, 1.54) is 0 Å². The second-order valence-electron chi connectivity index (χ2n) is 5.70. The lowest BCUT2D eigenvalue weighted by Crippen LogP contribution is -2.24. The molecular weight excluding hydrogens is 370 g/mol. The van der Waals surface area contributed by atoms with Gasteiger partial charge in [0.15, 0.2) is 0 Å². The first-order valence-corrected chi connectivity index (χ1v) is 8.47. The highest BCUT2D eigenvalue weighted by Crippen LogP contribution is 2.32. The van der Waals surface area contributed by atoms with Crippen LogP contribution in [0, 0.1) is 0 Å². The van der Waals surface area contributed by atoms with Crippen LogP contribution in [0.3, 0.4) is 0 Å². The van der Waals surface area contributed by atoms with Gasteiger partial charge in [0.1, 0.15) is 5.75 Å². The molecule has 1 aliphatic rings.